The maximum atomic E-state index is 10.5. The summed E-state index contributed by atoms with van der Waals surface area (Å²) in [5, 5.41) is -0.379. The number of carbonyl (C=O) groups excluding carboxylic acids is 1. The molecule has 1 atom stereocenters. The smallest absolute Gasteiger partial charge is 0.244 e. The van der Waals surface area contributed by atoms with Gasteiger partial charge in [-0.3, -0.25) is 9.69 Å². The van der Waals surface area contributed by atoms with Crippen LogP contribution in [0.25, 0.3) is 0 Å². The molecule has 0 spiro atoms. The molecular formula is C10H16ClNO. The molecule has 1 rings (SSSR count). The molecule has 0 aliphatic carbocycles. The van der Waals surface area contributed by atoms with Crippen LogP contribution in [0.5, 0.6) is 0 Å². The van der Waals surface area contributed by atoms with Crippen LogP contribution in [-0.4, -0.2) is 28.8 Å². The van der Waals surface area contributed by atoms with Gasteiger partial charge in [0.05, 0.1) is 0 Å². The number of nitrogens with zero attached hydrogens (tertiary/aromatic N) is 1. The van der Waals surface area contributed by atoms with Gasteiger partial charge in [-0.25, -0.2) is 0 Å². The van der Waals surface area contributed by atoms with Gasteiger partial charge in [0.1, 0.15) is 0 Å². The quantitative estimate of drug-likeness (QED) is 0.516. The number of hydrogen-bond donors (Lipinski definition) is 0. The van der Waals surface area contributed by atoms with Gasteiger partial charge in [-0.05, 0) is 50.9 Å². The highest BCUT2D eigenvalue weighted by Gasteiger charge is 2.23. The van der Waals surface area contributed by atoms with Crippen LogP contribution in [0.4, 0.5) is 0 Å². The molecule has 0 N–H and O–H groups in total. The Labute approximate surface area is 84.6 Å². The molecule has 74 valence electrons. The van der Waals surface area contributed by atoms with E-state index in [0.717, 1.165) is 13.0 Å². The second-order valence-corrected chi connectivity index (χ2v) is 4.08. The third-order valence-corrected chi connectivity index (χ3v) is 2.58. The number of carbonyl (C=O) groups is 1. The van der Waals surface area contributed by atoms with Crippen LogP contribution < -0.4 is 0 Å². The predicted molar refractivity (Wildman–Crippen MR) is 54.9 cm³/mol. The molecule has 1 aliphatic heterocycles. The summed E-state index contributed by atoms with van der Waals surface area (Å²) in [7, 11) is 0. The van der Waals surface area contributed by atoms with E-state index in [1.807, 2.05) is 6.08 Å². The maximum Gasteiger partial charge on any atom is 0.244 e. The van der Waals surface area contributed by atoms with E-state index >= 15 is 0 Å². The first kappa shape index (κ1) is 10.7. The molecule has 0 amide bonds. The van der Waals surface area contributed by atoms with Crippen molar-refractivity contribution in [2.75, 3.05) is 6.54 Å². The number of likely N-dealkylation sites (tertiary alicyclic amines) is 1. The van der Waals surface area contributed by atoms with Gasteiger partial charge in [0.2, 0.25) is 5.24 Å². The minimum absolute atomic E-state index is 0.379. The third kappa shape index (κ3) is 3.12. The fourth-order valence-corrected chi connectivity index (χ4v) is 1.92. The summed E-state index contributed by atoms with van der Waals surface area (Å²) < 4.78 is 0. The zero-order valence-electron chi connectivity index (χ0n) is 8.16. The van der Waals surface area contributed by atoms with Crippen LogP contribution in [0.2, 0.25) is 0 Å². The first-order valence-corrected chi connectivity index (χ1v) is 5.12. The van der Waals surface area contributed by atoms with Crippen molar-refractivity contribution < 1.29 is 4.79 Å². The van der Waals surface area contributed by atoms with E-state index in [-0.39, 0.29) is 5.24 Å². The molecule has 0 aromatic carbocycles. The Morgan fingerprint density at radius 3 is 2.85 bits per heavy atom. The molecule has 2 nitrogen and oxygen atoms in total. The zero-order valence-corrected chi connectivity index (χ0v) is 8.92. The second-order valence-electron chi connectivity index (χ2n) is 3.70. The van der Waals surface area contributed by atoms with Crippen molar-refractivity contribution in [2.24, 2.45) is 0 Å². The van der Waals surface area contributed by atoms with Crippen LogP contribution in [0.3, 0.4) is 0 Å². The average molecular weight is 202 g/mol. The Kier molecular flexibility index (Phi) is 3.94. The molecule has 1 fully saturated rings. The average Bonchev–Trinajstić information content (AvgIpc) is 2.47. The van der Waals surface area contributed by atoms with Crippen molar-refractivity contribution in [1.29, 1.82) is 0 Å². The number of rotatable bonds is 3. The standard InChI is InChI=1S/C10H16ClNO/c1-8(2)12-7-3-4-9(12)5-6-10(11)13/h5-6,8-9H,3-4,7H2,1-2H3. The summed E-state index contributed by atoms with van der Waals surface area (Å²) in [5.41, 5.74) is 0. The van der Waals surface area contributed by atoms with E-state index < -0.39 is 0 Å². The molecule has 13 heavy (non-hydrogen) atoms. The topological polar surface area (TPSA) is 20.3 Å². The summed E-state index contributed by atoms with van der Waals surface area (Å²) in [6.07, 6.45) is 5.73. The van der Waals surface area contributed by atoms with E-state index in [0.29, 0.717) is 12.1 Å². The van der Waals surface area contributed by atoms with Gasteiger partial charge in [0.25, 0.3) is 0 Å². The third-order valence-electron chi connectivity index (χ3n) is 2.45. The second kappa shape index (κ2) is 4.77. The van der Waals surface area contributed by atoms with Gasteiger partial charge in [-0.15, -0.1) is 0 Å². The molecule has 3 heteroatoms. The van der Waals surface area contributed by atoms with Crippen molar-refractivity contribution in [2.45, 2.75) is 38.8 Å². The molecule has 0 aromatic heterocycles. The summed E-state index contributed by atoms with van der Waals surface area (Å²) in [6, 6.07) is 0.949. The molecular weight excluding hydrogens is 186 g/mol. The van der Waals surface area contributed by atoms with Crippen LogP contribution in [0.15, 0.2) is 12.2 Å². The van der Waals surface area contributed by atoms with Crippen LogP contribution in [0.1, 0.15) is 26.7 Å². The van der Waals surface area contributed by atoms with Crippen molar-refractivity contribution in [3.8, 4) is 0 Å². The van der Waals surface area contributed by atoms with Crippen LogP contribution in [0, 0.1) is 0 Å². The van der Waals surface area contributed by atoms with Gasteiger partial charge in [0, 0.05) is 12.1 Å². The van der Waals surface area contributed by atoms with Gasteiger partial charge < -0.3 is 0 Å². The fourth-order valence-electron chi connectivity index (χ4n) is 1.85. The SMILES string of the molecule is CC(C)N1CCCC1C=CC(=O)Cl. The van der Waals surface area contributed by atoms with Gasteiger partial charge in [-0.2, -0.15) is 0 Å². The number of halogens is 1. The Balaban J connectivity index is 2.53. The highest BCUT2D eigenvalue weighted by molar-refractivity contribution is 6.66. The Bertz CT molecular complexity index is 213. The van der Waals surface area contributed by atoms with Gasteiger partial charge in [0.15, 0.2) is 0 Å². The molecule has 0 saturated carbocycles. The normalized spacial score (nSPS) is 24.8. The lowest BCUT2D eigenvalue weighted by Crippen LogP contribution is -2.34. The summed E-state index contributed by atoms with van der Waals surface area (Å²) in [4.78, 5) is 12.9. The monoisotopic (exact) mass is 201 g/mol. The van der Waals surface area contributed by atoms with E-state index in [1.165, 1.54) is 12.5 Å². The summed E-state index contributed by atoms with van der Waals surface area (Å²) in [6.45, 7) is 5.48. The molecule has 1 aliphatic rings. The lowest BCUT2D eigenvalue weighted by molar-refractivity contribution is -0.107. The van der Waals surface area contributed by atoms with E-state index in [4.69, 9.17) is 11.6 Å². The van der Waals surface area contributed by atoms with Crippen molar-refractivity contribution in [3.05, 3.63) is 12.2 Å². The molecule has 1 heterocycles. The summed E-state index contributed by atoms with van der Waals surface area (Å²) in [5.74, 6) is 0. The first-order valence-electron chi connectivity index (χ1n) is 4.74. The highest BCUT2D eigenvalue weighted by Crippen LogP contribution is 2.20. The van der Waals surface area contributed by atoms with Gasteiger partial charge >= 0.3 is 0 Å². The zero-order chi connectivity index (χ0) is 9.84. The first-order chi connectivity index (χ1) is 6.11. The maximum absolute atomic E-state index is 10.5. The molecule has 1 unspecified atom stereocenters. The van der Waals surface area contributed by atoms with E-state index in [9.17, 15) is 4.79 Å². The van der Waals surface area contributed by atoms with Crippen molar-refractivity contribution >= 4 is 16.8 Å². The van der Waals surface area contributed by atoms with Crippen molar-refractivity contribution in [3.63, 3.8) is 0 Å². The largest absolute Gasteiger partial charge is 0.295 e. The van der Waals surface area contributed by atoms with E-state index in [2.05, 4.69) is 18.7 Å². The summed E-state index contributed by atoms with van der Waals surface area (Å²) >= 11 is 5.24. The molecule has 1 saturated heterocycles. The minimum atomic E-state index is -0.379. The number of allylic oxidation sites excluding steroid dienone is 1. The Morgan fingerprint density at radius 1 is 1.62 bits per heavy atom. The number of hydrogen-bond acceptors (Lipinski definition) is 2. The minimum Gasteiger partial charge on any atom is -0.295 e. The Hall–Kier alpha value is -0.340. The highest BCUT2D eigenvalue weighted by atomic mass is 35.5. The lowest BCUT2D eigenvalue weighted by Gasteiger charge is -2.25. The molecule has 0 radical (unpaired) electrons. The lowest BCUT2D eigenvalue weighted by atomic mass is 10.2. The van der Waals surface area contributed by atoms with Crippen molar-refractivity contribution in [1.82, 2.24) is 4.90 Å². The van der Waals surface area contributed by atoms with E-state index in [1.54, 1.807) is 0 Å². The van der Waals surface area contributed by atoms with Gasteiger partial charge in [-0.1, -0.05) is 6.08 Å². The van der Waals surface area contributed by atoms with Crippen LogP contribution in [-0.2, 0) is 4.79 Å². The molecule has 0 aromatic rings. The molecule has 0 bridgehead atoms. The van der Waals surface area contributed by atoms with Crippen LogP contribution >= 0.6 is 11.6 Å². The predicted octanol–water partition coefficient (Wildman–Crippen LogP) is 2.18. The fraction of sp³-hybridized carbons (Fsp3) is 0.700. The Morgan fingerprint density at radius 2 is 2.31 bits per heavy atom.